The van der Waals surface area contributed by atoms with Gasteiger partial charge in [0.1, 0.15) is 23.0 Å². The first-order valence-corrected chi connectivity index (χ1v) is 8.96. The van der Waals surface area contributed by atoms with Crippen molar-refractivity contribution in [3.63, 3.8) is 0 Å². The summed E-state index contributed by atoms with van der Waals surface area (Å²) in [6.45, 7) is 3.28. The zero-order valence-corrected chi connectivity index (χ0v) is 15.1. The molecule has 28 heavy (non-hydrogen) atoms. The molecule has 0 atom stereocenters. The van der Waals surface area contributed by atoms with Crippen LogP contribution < -0.4 is 4.90 Å². The Balaban J connectivity index is 1.61. The summed E-state index contributed by atoms with van der Waals surface area (Å²) in [6, 6.07) is 17.2. The average molecular weight is 374 g/mol. The van der Waals surface area contributed by atoms with Crippen molar-refractivity contribution in [3.8, 4) is 17.4 Å². The molecule has 6 heteroatoms. The SMILES string of the molecule is N#C/C(=C/c1ccc2cc(-c3ccc(N4CCOCC4)cc3)oc2c1)C(=O)O. The van der Waals surface area contributed by atoms with Crippen LogP contribution in [0.4, 0.5) is 5.69 Å². The van der Waals surface area contributed by atoms with Gasteiger partial charge in [-0.2, -0.15) is 5.26 Å². The van der Waals surface area contributed by atoms with Crippen molar-refractivity contribution in [3.05, 3.63) is 59.7 Å². The number of hydrogen-bond acceptors (Lipinski definition) is 5. The Bertz CT molecular complexity index is 1080. The summed E-state index contributed by atoms with van der Waals surface area (Å²) in [6.07, 6.45) is 1.33. The van der Waals surface area contributed by atoms with Crippen molar-refractivity contribution in [1.82, 2.24) is 0 Å². The maximum atomic E-state index is 11.0. The third-order valence-electron chi connectivity index (χ3n) is 4.73. The first-order chi connectivity index (χ1) is 13.6. The highest BCUT2D eigenvalue weighted by Gasteiger charge is 2.12. The monoisotopic (exact) mass is 374 g/mol. The summed E-state index contributed by atoms with van der Waals surface area (Å²) in [4.78, 5) is 13.3. The highest BCUT2D eigenvalue weighted by Crippen LogP contribution is 2.30. The number of nitrogens with zero attached hydrogens (tertiary/aromatic N) is 2. The average Bonchev–Trinajstić information content (AvgIpc) is 3.16. The number of morpholine rings is 1. The molecule has 3 aromatic rings. The molecule has 0 spiro atoms. The number of benzene rings is 2. The number of hydrogen-bond donors (Lipinski definition) is 1. The van der Waals surface area contributed by atoms with Crippen LogP contribution in [0.25, 0.3) is 28.4 Å². The van der Waals surface area contributed by atoms with Gasteiger partial charge < -0.3 is 19.2 Å². The minimum absolute atomic E-state index is 0.315. The Hall–Kier alpha value is -3.56. The van der Waals surface area contributed by atoms with Gasteiger partial charge in [0.15, 0.2) is 0 Å². The molecule has 1 saturated heterocycles. The van der Waals surface area contributed by atoms with Crippen molar-refractivity contribution in [2.75, 3.05) is 31.2 Å². The lowest BCUT2D eigenvalue weighted by atomic mass is 10.1. The molecular weight excluding hydrogens is 356 g/mol. The van der Waals surface area contributed by atoms with Crippen LogP contribution in [0.15, 0.2) is 58.5 Å². The van der Waals surface area contributed by atoms with Crippen LogP contribution in [0, 0.1) is 11.3 Å². The van der Waals surface area contributed by atoms with E-state index in [9.17, 15) is 4.79 Å². The molecule has 0 saturated carbocycles. The van der Waals surface area contributed by atoms with Crippen molar-refractivity contribution >= 4 is 28.7 Å². The largest absolute Gasteiger partial charge is 0.477 e. The molecule has 2 heterocycles. The molecule has 2 aromatic carbocycles. The number of carbonyl (C=O) groups is 1. The second kappa shape index (κ2) is 7.59. The molecule has 0 bridgehead atoms. The molecule has 0 amide bonds. The summed E-state index contributed by atoms with van der Waals surface area (Å²) in [5, 5.41) is 18.8. The molecular formula is C22H18N2O4. The lowest BCUT2D eigenvalue weighted by Gasteiger charge is -2.28. The van der Waals surface area contributed by atoms with E-state index in [1.807, 2.05) is 24.3 Å². The van der Waals surface area contributed by atoms with Gasteiger partial charge in [-0.3, -0.25) is 0 Å². The Morgan fingerprint density at radius 2 is 1.86 bits per heavy atom. The van der Waals surface area contributed by atoms with Crippen LogP contribution in [0.3, 0.4) is 0 Å². The van der Waals surface area contributed by atoms with E-state index < -0.39 is 5.97 Å². The normalized spacial score (nSPS) is 14.8. The van der Waals surface area contributed by atoms with Crippen LogP contribution in [0.2, 0.25) is 0 Å². The molecule has 1 aliphatic heterocycles. The van der Waals surface area contributed by atoms with Gasteiger partial charge in [0, 0.05) is 29.7 Å². The fraction of sp³-hybridized carbons (Fsp3) is 0.182. The molecule has 1 aromatic heterocycles. The smallest absolute Gasteiger partial charge is 0.346 e. The van der Waals surface area contributed by atoms with Gasteiger partial charge in [0.25, 0.3) is 0 Å². The predicted molar refractivity (Wildman–Crippen MR) is 106 cm³/mol. The summed E-state index contributed by atoms with van der Waals surface area (Å²) in [5.74, 6) is -0.508. The molecule has 1 aliphatic rings. The van der Waals surface area contributed by atoms with Crippen LogP contribution in [-0.2, 0) is 9.53 Å². The number of aliphatic carboxylic acids is 1. The first kappa shape index (κ1) is 17.8. The second-order valence-electron chi connectivity index (χ2n) is 6.53. The van der Waals surface area contributed by atoms with Crippen molar-refractivity contribution in [2.45, 2.75) is 0 Å². The number of fused-ring (bicyclic) bond motifs is 1. The van der Waals surface area contributed by atoms with E-state index in [1.54, 1.807) is 18.2 Å². The maximum Gasteiger partial charge on any atom is 0.346 e. The van der Waals surface area contributed by atoms with E-state index in [2.05, 4.69) is 17.0 Å². The quantitative estimate of drug-likeness (QED) is 0.550. The standard InChI is InChI=1S/C22H18N2O4/c23-14-18(22(25)26)11-15-1-2-17-13-21(28-20(17)12-15)16-3-5-19(6-4-16)24-7-9-27-10-8-24/h1-6,11-13H,7-10H2,(H,25,26)/b18-11-. The zero-order valence-electron chi connectivity index (χ0n) is 15.1. The number of carboxylic acids is 1. The Morgan fingerprint density at radius 1 is 1.11 bits per heavy atom. The fourth-order valence-electron chi connectivity index (χ4n) is 3.25. The molecule has 4 rings (SSSR count). The van der Waals surface area contributed by atoms with E-state index in [4.69, 9.17) is 19.5 Å². The highest BCUT2D eigenvalue weighted by molar-refractivity contribution is 5.97. The van der Waals surface area contributed by atoms with Gasteiger partial charge in [-0.05, 0) is 48.0 Å². The Morgan fingerprint density at radius 3 is 2.54 bits per heavy atom. The molecule has 1 fully saturated rings. The Labute approximate surface area is 161 Å². The second-order valence-corrected chi connectivity index (χ2v) is 6.53. The maximum absolute atomic E-state index is 11.0. The summed E-state index contributed by atoms with van der Waals surface area (Å²) >= 11 is 0. The topological polar surface area (TPSA) is 86.7 Å². The lowest BCUT2D eigenvalue weighted by Crippen LogP contribution is -2.36. The van der Waals surface area contributed by atoms with Crippen LogP contribution in [0.1, 0.15) is 5.56 Å². The molecule has 0 unspecified atom stereocenters. The van der Waals surface area contributed by atoms with E-state index >= 15 is 0 Å². The molecule has 140 valence electrons. The Kier molecular flexibility index (Phi) is 4.83. The summed E-state index contributed by atoms with van der Waals surface area (Å²) < 4.78 is 11.4. The molecule has 1 N–H and O–H groups in total. The number of nitriles is 1. The van der Waals surface area contributed by atoms with Crippen molar-refractivity contribution in [1.29, 1.82) is 5.26 Å². The van der Waals surface area contributed by atoms with E-state index in [-0.39, 0.29) is 5.57 Å². The number of anilines is 1. The van der Waals surface area contributed by atoms with Crippen LogP contribution >= 0.6 is 0 Å². The van der Waals surface area contributed by atoms with Gasteiger partial charge in [-0.15, -0.1) is 0 Å². The number of furan rings is 1. The number of rotatable bonds is 4. The summed E-state index contributed by atoms with van der Waals surface area (Å²) in [7, 11) is 0. The number of carboxylic acid groups (broad SMARTS) is 1. The van der Waals surface area contributed by atoms with Gasteiger partial charge in [-0.1, -0.05) is 12.1 Å². The van der Waals surface area contributed by atoms with Gasteiger partial charge >= 0.3 is 5.97 Å². The minimum atomic E-state index is -1.25. The van der Waals surface area contributed by atoms with Crippen LogP contribution in [-0.4, -0.2) is 37.4 Å². The van der Waals surface area contributed by atoms with Crippen molar-refractivity contribution < 1.29 is 19.1 Å². The fourth-order valence-corrected chi connectivity index (χ4v) is 3.25. The minimum Gasteiger partial charge on any atom is -0.477 e. The zero-order chi connectivity index (χ0) is 19.5. The van der Waals surface area contributed by atoms with E-state index in [0.29, 0.717) is 11.1 Å². The van der Waals surface area contributed by atoms with Crippen molar-refractivity contribution in [2.24, 2.45) is 0 Å². The third-order valence-corrected chi connectivity index (χ3v) is 4.73. The first-order valence-electron chi connectivity index (χ1n) is 8.96. The van der Waals surface area contributed by atoms with Crippen LogP contribution in [0.5, 0.6) is 0 Å². The molecule has 0 aliphatic carbocycles. The lowest BCUT2D eigenvalue weighted by molar-refractivity contribution is -0.132. The van der Waals surface area contributed by atoms with Gasteiger partial charge in [0.05, 0.1) is 13.2 Å². The highest BCUT2D eigenvalue weighted by atomic mass is 16.5. The van der Waals surface area contributed by atoms with E-state index in [1.165, 1.54) is 6.08 Å². The summed E-state index contributed by atoms with van der Waals surface area (Å²) in [5.41, 5.74) is 3.06. The van der Waals surface area contributed by atoms with Gasteiger partial charge in [-0.25, -0.2) is 4.79 Å². The predicted octanol–water partition coefficient (Wildman–Crippen LogP) is 3.93. The third kappa shape index (κ3) is 3.61. The molecule has 6 nitrogen and oxygen atoms in total. The van der Waals surface area contributed by atoms with E-state index in [0.717, 1.165) is 48.7 Å². The molecule has 0 radical (unpaired) electrons. The number of ether oxygens (including phenoxy) is 1. The van der Waals surface area contributed by atoms with Gasteiger partial charge in [0.2, 0.25) is 0 Å².